The van der Waals surface area contributed by atoms with Crippen molar-refractivity contribution in [1.29, 1.82) is 0 Å². The number of carbonyl (C=O) groups excluding carboxylic acids is 4. The Kier molecular flexibility index (Phi) is 4.01. The van der Waals surface area contributed by atoms with Gasteiger partial charge in [-0.3, -0.25) is 38.8 Å². The molecule has 0 spiro atoms. The number of hydrogen-bond donors (Lipinski definition) is 0. The number of amides is 4. The molecule has 4 amide bonds. The summed E-state index contributed by atoms with van der Waals surface area (Å²) in [5, 5.41) is 0.0102. The van der Waals surface area contributed by atoms with Gasteiger partial charge in [-0.15, -0.1) is 0 Å². The van der Waals surface area contributed by atoms with Crippen molar-refractivity contribution >= 4 is 58.3 Å². The van der Waals surface area contributed by atoms with Gasteiger partial charge in [0.25, 0.3) is 0 Å². The fourth-order valence-corrected chi connectivity index (χ4v) is 2.75. The van der Waals surface area contributed by atoms with E-state index in [1.807, 2.05) is 0 Å². The summed E-state index contributed by atoms with van der Waals surface area (Å²) in [6.45, 7) is 3.51. The maximum Gasteiger partial charge on any atom is 0.320 e. The maximum atomic E-state index is 11.9. The third-order valence-corrected chi connectivity index (χ3v) is 4.07. The third kappa shape index (κ3) is 2.20. The Morgan fingerprint density at radius 2 is 0.952 bits per heavy atom. The van der Waals surface area contributed by atoms with E-state index in [1.54, 1.807) is 13.8 Å². The van der Waals surface area contributed by atoms with E-state index in [4.69, 9.17) is 24.4 Å². The summed E-state index contributed by atoms with van der Waals surface area (Å²) in [6.07, 6.45) is 0. The molecule has 10 heteroatoms. The topological polar surface area (TPSA) is 81.2 Å². The second-order valence-electron chi connectivity index (χ2n) is 4.27. The monoisotopic (exact) mass is 328 g/mol. The maximum absolute atomic E-state index is 11.9. The van der Waals surface area contributed by atoms with Gasteiger partial charge in [0.15, 0.2) is 10.2 Å². The fraction of sp³-hybridized carbons (Fsp3) is 0.455. The molecule has 0 atom stereocenters. The van der Waals surface area contributed by atoms with Crippen molar-refractivity contribution in [3.05, 3.63) is 0 Å². The Bertz CT molecular complexity index is 541. The Labute approximate surface area is 131 Å². The molecule has 0 aromatic heterocycles. The van der Waals surface area contributed by atoms with Crippen molar-refractivity contribution in [2.45, 2.75) is 13.8 Å². The molecule has 2 heterocycles. The van der Waals surface area contributed by atoms with Gasteiger partial charge in [0.2, 0.25) is 0 Å². The van der Waals surface area contributed by atoms with E-state index in [0.29, 0.717) is 0 Å². The Morgan fingerprint density at radius 3 is 1.19 bits per heavy atom. The van der Waals surface area contributed by atoms with E-state index in [2.05, 4.69) is 0 Å². The van der Waals surface area contributed by atoms with E-state index >= 15 is 0 Å². The van der Waals surface area contributed by atoms with E-state index in [-0.39, 0.29) is 30.0 Å². The molecule has 2 aliphatic rings. The number of rotatable bonds is 4. The van der Waals surface area contributed by atoms with Gasteiger partial charge in [0.1, 0.15) is 6.67 Å². The molecular weight excluding hydrogens is 316 g/mol. The van der Waals surface area contributed by atoms with Crippen molar-refractivity contribution < 1.29 is 19.2 Å². The summed E-state index contributed by atoms with van der Waals surface area (Å²) >= 11 is 10.1. The lowest BCUT2D eigenvalue weighted by atomic mass is 10.5. The van der Waals surface area contributed by atoms with Crippen molar-refractivity contribution in [1.82, 2.24) is 19.6 Å². The van der Waals surface area contributed by atoms with Gasteiger partial charge in [-0.2, -0.15) is 0 Å². The van der Waals surface area contributed by atoms with E-state index < -0.39 is 23.6 Å². The minimum atomic E-state index is -0.833. The van der Waals surface area contributed by atoms with Gasteiger partial charge >= 0.3 is 23.6 Å². The van der Waals surface area contributed by atoms with Gasteiger partial charge in [-0.1, -0.05) is 0 Å². The highest BCUT2D eigenvalue weighted by atomic mass is 32.1. The molecule has 2 fully saturated rings. The molecule has 0 aromatic rings. The highest BCUT2D eigenvalue weighted by Crippen LogP contribution is 2.17. The molecule has 2 rings (SSSR count). The van der Waals surface area contributed by atoms with Gasteiger partial charge in [-0.05, 0) is 38.3 Å². The standard InChI is InChI=1S/C11H12N4O4S2/c1-3-12-6(16)8(18)14(10(12)20)5-15-9(19)7(17)13(4-2)11(15)21/h3-5H2,1-2H3. The van der Waals surface area contributed by atoms with Crippen LogP contribution in [0.2, 0.25) is 0 Å². The summed E-state index contributed by atoms with van der Waals surface area (Å²) < 4.78 is 0. The van der Waals surface area contributed by atoms with Crippen LogP contribution in [0.1, 0.15) is 13.8 Å². The summed E-state index contributed by atoms with van der Waals surface area (Å²) in [4.78, 5) is 51.4. The molecule has 0 radical (unpaired) electrons. The molecule has 2 aliphatic heterocycles. The molecule has 2 saturated heterocycles. The van der Waals surface area contributed by atoms with Crippen LogP contribution in [-0.4, -0.2) is 73.2 Å². The van der Waals surface area contributed by atoms with Crippen LogP contribution in [0.5, 0.6) is 0 Å². The van der Waals surface area contributed by atoms with Crippen LogP contribution in [0.15, 0.2) is 0 Å². The molecule has 0 bridgehead atoms. The lowest BCUT2D eigenvalue weighted by molar-refractivity contribution is -0.146. The third-order valence-electron chi connectivity index (χ3n) is 3.19. The average molecular weight is 328 g/mol. The van der Waals surface area contributed by atoms with Crippen LogP contribution in [0.4, 0.5) is 0 Å². The molecule has 0 aromatic carbocycles. The highest BCUT2D eigenvalue weighted by Gasteiger charge is 2.46. The lowest BCUT2D eigenvalue weighted by Gasteiger charge is -2.23. The predicted molar refractivity (Wildman–Crippen MR) is 78.5 cm³/mol. The largest absolute Gasteiger partial charge is 0.320 e. The first-order chi connectivity index (χ1) is 9.84. The quantitative estimate of drug-likeness (QED) is 0.481. The molecule has 0 saturated carbocycles. The number of likely N-dealkylation sites (N-methyl/N-ethyl adjacent to an activating group) is 2. The summed E-state index contributed by atoms with van der Waals surface area (Å²) in [6, 6.07) is 0. The summed E-state index contributed by atoms with van der Waals surface area (Å²) in [5.74, 6) is -3.17. The summed E-state index contributed by atoms with van der Waals surface area (Å²) in [5.41, 5.74) is 0. The van der Waals surface area contributed by atoms with Crippen molar-refractivity contribution in [2.75, 3.05) is 19.8 Å². The van der Waals surface area contributed by atoms with Crippen molar-refractivity contribution in [3.8, 4) is 0 Å². The van der Waals surface area contributed by atoms with E-state index in [0.717, 1.165) is 19.6 Å². The van der Waals surface area contributed by atoms with E-state index in [9.17, 15) is 19.2 Å². The van der Waals surface area contributed by atoms with Gasteiger partial charge in [0, 0.05) is 13.1 Å². The molecule has 0 unspecified atom stereocenters. The molecule has 8 nitrogen and oxygen atoms in total. The van der Waals surface area contributed by atoms with Crippen molar-refractivity contribution in [2.24, 2.45) is 0 Å². The minimum absolute atomic E-state index is 0.00509. The SMILES string of the molecule is CCN1C(=O)C(=O)N(CN2C(=O)C(=O)N(CC)C2=S)C1=S. The number of hydrogen-bond acceptors (Lipinski definition) is 6. The molecule has 21 heavy (non-hydrogen) atoms. The second-order valence-corrected chi connectivity index (χ2v) is 5.00. The zero-order valence-electron chi connectivity index (χ0n) is 11.4. The zero-order valence-corrected chi connectivity index (χ0v) is 13.0. The Morgan fingerprint density at radius 1 is 0.667 bits per heavy atom. The average Bonchev–Trinajstić information content (AvgIpc) is 2.78. The predicted octanol–water partition coefficient (Wildman–Crippen LogP) is -1.10. The Balaban J connectivity index is 2.23. The zero-order chi connectivity index (χ0) is 15.9. The first kappa shape index (κ1) is 15.4. The molecule has 0 aliphatic carbocycles. The number of carbonyl (C=O) groups is 4. The van der Waals surface area contributed by atoms with Crippen molar-refractivity contribution in [3.63, 3.8) is 0 Å². The molecule has 112 valence electrons. The normalized spacial score (nSPS) is 19.7. The summed E-state index contributed by atoms with van der Waals surface area (Å²) in [7, 11) is 0. The minimum Gasteiger partial charge on any atom is -0.281 e. The van der Waals surface area contributed by atoms with Gasteiger partial charge < -0.3 is 0 Å². The fourth-order valence-electron chi connectivity index (χ4n) is 2.05. The molecular formula is C11H12N4O4S2. The molecule has 0 N–H and O–H groups in total. The van der Waals surface area contributed by atoms with Crippen LogP contribution < -0.4 is 0 Å². The van der Waals surface area contributed by atoms with Crippen LogP contribution in [-0.2, 0) is 19.2 Å². The van der Waals surface area contributed by atoms with Gasteiger partial charge in [0.05, 0.1) is 0 Å². The first-order valence-corrected chi connectivity index (χ1v) is 7.01. The lowest BCUT2D eigenvalue weighted by Crippen LogP contribution is -2.45. The number of thiocarbonyl (C=S) groups is 2. The van der Waals surface area contributed by atoms with Gasteiger partial charge in [-0.25, -0.2) is 0 Å². The van der Waals surface area contributed by atoms with E-state index in [1.165, 1.54) is 0 Å². The smallest absolute Gasteiger partial charge is 0.281 e. The highest BCUT2D eigenvalue weighted by molar-refractivity contribution is 7.80. The van der Waals surface area contributed by atoms with Crippen LogP contribution >= 0.6 is 24.4 Å². The number of nitrogens with zero attached hydrogens (tertiary/aromatic N) is 4. The Hall–Kier alpha value is -1.94. The van der Waals surface area contributed by atoms with Crippen LogP contribution in [0.25, 0.3) is 0 Å². The first-order valence-electron chi connectivity index (χ1n) is 6.19. The van der Waals surface area contributed by atoms with Crippen LogP contribution in [0.3, 0.4) is 0 Å². The van der Waals surface area contributed by atoms with Crippen LogP contribution in [0, 0.1) is 0 Å². The second kappa shape index (κ2) is 5.45.